The van der Waals surface area contributed by atoms with E-state index in [2.05, 4.69) is 20.9 Å². The molecule has 33 heavy (non-hydrogen) atoms. The number of rotatable bonds is 2. The molecule has 3 aromatic carbocycles. The van der Waals surface area contributed by atoms with Crippen LogP contribution in [0.4, 0.5) is 26.3 Å². The van der Waals surface area contributed by atoms with E-state index in [9.17, 15) is 31.6 Å². The highest BCUT2D eigenvalue weighted by Gasteiger charge is 2.37. The van der Waals surface area contributed by atoms with Crippen LogP contribution in [0.3, 0.4) is 0 Å². The molecule has 0 saturated carbocycles. The molecule has 0 amide bonds. The van der Waals surface area contributed by atoms with Gasteiger partial charge in [-0.2, -0.15) is 31.6 Å². The first-order valence-electron chi connectivity index (χ1n) is 8.96. The molecule has 0 aliphatic carbocycles. The molecule has 0 aliphatic heterocycles. The van der Waals surface area contributed by atoms with Crippen molar-refractivity contribution >= 4 is 49.6 Å². The molecule has 11 heteroatoms. The van der Waals surface area contributed by atoms with Crippen LogP contribution >= 0.6 is 38.5 Å². The predicted molar refractivity (Wildman–Crippen MR) is 120 cm³/mol. The quantitative estimate of drug-likeness (QED) is 0.164. The molecule has 0 aliphatic rings. The van der Waals surface area contributed by atoms with Gasteiger partial charge in [-0.15, -0.1) is 0 Å². The van der Waals surface area contributed by atoms with Crippen LogP contribution < -0.4 is 0 Å². The van der Waals surface area contributed by atoms with Crippen LogP contribution in [-0.4, -0.2) is 4.98 Å². The molecule has 4 rings (SSSR count). The van der Waals surface area contributed by atoms with Gasteiger partial charge in [-0.1, -0.05) is 15.9 Å². The number of alkyl halides is 6. The van der Waals surface area contributed by atoms with E-state index in [-0.39, 0.29) is 22.8 Å². The maximum atomic E-state index is 13.3. The molecule has 0 atom stereocenters. The van der Waals surface area contributed by atoms with Gasteiger partial charge in [0.05, 0.1) is 22.8 Å². The summed E-state index contributed by atoms with van der Waals surface area (Å²) < 4.78 is 86.2. The molecule has 1 aromatic heterocycles. The summed E-state index contributed by atoms with van der Waals surface area (Å²) in [5, 5.41) is 9.44. The molecular formula is C22H8BrF6IN2O. The average molecular weight is 637 g/mol. The van der Waals surface area contributed by atoms with Gasteiger partial charge in [0.2, 0.25) is 0 Å². The molecule has 0 spiro atoms. The summed E-state index contributed by atoms with van der Waals surface area (Å²) in [4.78, 5) is 4.23. The number of halogens is 8. The number of nitriles is 1. The van der Waals surface area contributed by atoms with Crippen molar-refractivity contribution in [1.82, 2.24) is 4.98 Å². The molecule has 0 fully saturated rings. The Balaban J connectivity index is 1.95. The molecule has 0 radical (unpaired) electrons. The standard InChI is InChI=1S/C22H8BrF6IN2O/c23-17-8-19-18(32-20(30)33-19)7-16(17)13-2-10(9-31)1-11(3-13)12-4-14(21(24,25)26)6-15(5-12)22(27,28)29/h1-8H. The van der Waals surface area contributed by atoms with Crippen molar-refractivity contribution in [1.29, 1.82) is 5.26 Å². The Morgan fingerprint density at radius 1 is 0.818 bits per heavy atom. The fraction of sp³-hybridized carbons (Fsp3) is 0.0909. The molecule has 3 nitrogen and oxygen atoms in total. The Bertz CT molecular complexity index is 1400. The minimum atomic E-state index is -4.98. The Morgan fingerprint density at radius 2 is 1.39 bits per heavy atom. The maximum absolute atomic E-state index is 13.3. The van der Waals surface area contributed by atoms with Gasteiger partial charge in [-0.05, 0) is 70.8 Å². The van der Waals surface area contributed by atoms with Gasteiger partial charge in [-0.25, -0.2) is 4.98 Å². The highest BCUT2D eigenvalue weighted by atomic mass is 127. The minimum Gasteiger partial charge on any atom is -0.432 e. The molecule has 1 heterocycles. The third-order valence-electron chi connectivity index (χ3n) is 4.75. The summed E-state index contributed by atoms with van der Waals surface area (Å²) in [6.07, 6.45) is -9.96. The second-order valence-corrected chi connectivity index (χ2v) is 8.75. The molecule has 0 unspecified atom stereocenters. The van der Waals surface area contributed by atoms with E-state index in [1.807, 2.05) is 28.7 Å². The fourth-order valence-corrected chi connectivity index (χ4v) is 4.33. The van der Waals surface area contributed by atoms with Crippen molar-refractivity contribution in [2.24, 2.45) is 0 Å². The van der Waals surface area contributed by atoms with Gasteiger partial charge in [0.1, 0.15) is 5.52 Å². The van der Waals surface area contributed by atoms with Crippen molar-refractivity contribution in [2.45, 2.75) is 12.4 Å². The Morgan fingerprint density at radius 3 is 1.97 bits per heavy atom. The highest BCUT2D eigenvalue weighted by molar-refractivity contribution is 14.1. The predicted octanol–water partition coefficient (Wildman–Crippen LogP) is 8.44. The molecule has 168 valence electrons. The number of aromatic nitrogens is 1. The van der Waals surface area contributed by atoms with Crippen LogP contribution in [0.15, 0.2) is 57.4 Å². The third-order valence-corrected chi connectivity index (χ3v) is 5.86. The highest BCUT2D eigenvalue weighted by Crippen LogP contribution is 2.40. The summed E-state index contributed by atoms with van der Waals surface area (Å²) >= 11 is 5.29. The second-order valence-electron chi connectivity index (χ2n) is 6.97. The monoisotopic (exact) mass is 636 g/mol. The average Bonchev–Trinajstić information content (AvgIpc) is 3.09. The third kappa shape index (κ3) is 4.86. The molecule has 0 saturated heterocycles. The smallest absolute Gasteiger partial charge is 0.416 e. The Hall–Kier alpha value is -2.59. The van der Waals surface area contributed by atoms with Gasteiger partial charge in [0.15, 0.2) is 5.58 Å². The first-order valence-corrected chi connectivity index (χ1v) is 10.8. The SMILES string of the molecule is N#Cc1cc(-c2cc(C(F)(F)F)cc(C(F)(F)F)c2)cc(-c2cc3nc(I)oc3cc2Br)c1. The number of hydrogen-bond acceptors (Lipinski definition) is 3. The summed E-state index contributed by atoms with van der Waals surface area (Å²) in [7, 11) is 0. The summed E-state index contributed by atoms with van der Waals surface area (Å²) in [6.45, 7) is 0. The van der Waals surface area contributed by atoms with E-state index in [4.69, 9.17) is 4.42 Å². The van der Waals surface area contributed by atoms with Gasteiger partial charge in [0, 0.05) is 27.1 Å². The van der Waals surface area contributed by atoms with Crippen LogP contribution in [-0.2, 0) is 12.4 Å². The van der Waals surface area contributed by atoms with Gasteiger partial charge >= 0.3 is 12.4 Å². The molecule has 0 N–H and O–H groups in total. The number of fused-ring (bicyclic) bond motifs is 1. The van der Waals surface area contributed by atoms with Crippen molar-refractivity contribution in [2.75, 3.05) is 0 Å². The number of hydrogen-bond donors (Lipinski definition) is 0. The van der Waals surface area contributed by atoms with E-state index in [0.29, 0.717) is 42.7 Å². The van der Waals surface area contributed by atoms with Crippen molar-refractivity contribution in [3.8, 4) is 28.3 Å². The molecule has 0 bridgehead atoms. The number of nitrogens with zero attached hydrogens (tertiary/aromatic N) is 2. The van der Waals surface area contributed by atoms with Crippen LogP contribution in [0.2, 0.25) is 0 Å². The lowest BCUT2D eigenvalue weighted by molar-refractivity contribution is -0.143. The molecule has 4 aromatic rings. The first kappa shape index (κ1) is 23.6. The van der Waals surface area contributed by atoms with Crippen LogP contribution in [0, 0.1) is 15.2 Å². The summed E-state index contributed by atoms with van der Waals surface area (Å²) in [6, 6.07) is 10.7. The maximum Gasteiger partial charge on any atom is 0.416 e. The van der Waals surface area contributed by atoms with E-state index in [1.165, 1.54) is 18.2 Å². The van der Waals surface area contributed by atoms with Crippen molar-refractivity contribution in [3.05, 3.63) is 73.6 Å². The van der Waals surface area contributed by atoms with E-state index >= 15 is 0 Å². The lowest BCUT2D eigenvalue weighted by Crippen LogP contribution is -2.11. The Kier molecular flexibility index (Phi) is 5.94. The topological polar surface area (TPSA) is 49.8 Å². The number of benzene rings is 3. The summed E-state index contributed by atoms with van der Waals surface area (Å²) in [5.74, 6) is 0. The van der Waals surface area contributed by atoms with Crippen molar-refractivity contribution < 1.29 is 30.8 Å². The largest absolute Gasteiger partial charge is 0.432 e. The Labute approximate surface area is 204 Å². The van der Waals surface area contributed by atoms with E-state index in [1.54, 1.807) is 12.1 Å². The van der Waals surface area contributed by atoms with Crippen LogP contribution in [0.5, 0.6) is 0 Å². The lowest BCUT2D eigenvalue weighted by atomic mass is 9.94. The van der Waals surface area contributed by atoms with E-state index in [0.717, 1.165) is 0 Å². The van der Waals surface area contributed by atoms with Crippen LogP contribution in [0.25, 0.3) is 33.4 Å². The van der Waals surface area contributed by atoms with Gasteiger partial charge < -0.3 is 4.42 Å². The first-order chi connectivity index (χ1) is 15.3. The van der Waals surface area contributed by atoms with Crippen molar-refractivity contribution in [3.63, 3.8) is 0 Å². The second kappa shape index (κ2) is 8.32. The fourth-order valence-electron chi connectivity index (χ4n) is 3.28. The lowest BCUT2D eigenvalue weighted by Gasteiger charge is -2.15. The molecular weight excluding hydrogens is 629 g/mol. The summed E-state index contributed by atoms with van der Waals surface area (Å²) in [5.41, 5.74) is -1.16. The van der Waals surface area contributed by atoms with Gasteiger partial charge in [-0.3, -0.25) is 0 Å². The number of oxazole rings is 1. The van der Waals surface area contributed by atoms with E-state index < -0.39 is 23.5 Å². The minimum absolute atomic E-state index is 0.0300. The van der Waals surface area contributed by atoms with Crippen LogP contribution in [0.1, 0.15) is 16.7 Å². The zero-order valence-corrected chi connectivity index (χ0v) is 19.7. The van der Waals surface area contributed by atoms with Gasteiger partial charge in [0.25, 0.3) is 3.90 Å². The normalized spacial score (nSPS) is 12.2. The zero-order valence-electron chi connectivity index (χ0n) is 15.9. The zero-order chi connectivity index (χ0) is 24.1.